The number of hydrogen-bond donors (Lipinski definition) is 3. The Morgan fingerprint density at radius 3 is 1.95 bits per heavy atom. The minimum absolute atomic E-state index is 0.0499. The summed E-state index contributed by atoms with van der Waals surface area (Å²) >= 11 is 0. The maximum Gasteiger partial charge on any atom is 0.345 e. The average Bonchev–Trinajstić information content (AvgIpc) is 2.69. The van der Waals surface area contributed by atoms with Gasteiger partial charge in [0.05, 0.1) is 11.1 Å². The van der Waals surface area contributed by atoms with Crippen molar-refractivity contribution in [3.8, 4) is 0 Å². The number of fused-ring (bicyclic) bond motifs is 1. The summed E-state index contributed by atoms with van der Waals surface area (Å²) in [5.74, 6) is -4.60. The molecule has 1 heterocycles. The molecule has 1 atom stereocenters. The lowest BCUT2D eigenvalue weighted by molar-refractivity contribution is -0.149. The van der Waals surface area contributed by atoms with Crippen LogP contribution in [0.1, 0.15) is 33.6 Å². The highest BCUT2D eigenvalue weighted by atomic mass is 16.4. The van der Waals surface area contributed by atoms with Gasteiger partial charge < -0.3 is 10.2 Å². The largest absolute Gasteiger partial charge is 0.481 e. The zero-order valence-electron chi connectivity index (χ0n) is 10.8. The molecule has 8 nitrogen and oxygen atoms in total. The molecule has 1 aromatic rings. The van der Waals surface area contributed by atoms with E-state index in [-0.39, 0.29) is 11.1 Å². The summed E-state index contributed by atoms with van der Waals surface area (Å²) in [4.78, 5) is 46.9. The van der Waals surface area contributed by atoms with E-state index in [1.54, 1.807) is 0 Å². The van der Waals surface area contributed by atoms with Gasteiger partial charge in [0.25, 0.3) is 11.8 Å². The number of carboxylic acids is 2. The Balaban J connectivity index is 2.44. The van der Waals surface area contributed by atoms with Crippen molar-refractivity contribution in [2.75, 3.05) is 0 Å². The van der Waals surface area contributed by atoms with E-state index in [9.17, 15) is 24.3 Å². The molecule has 0 radical (unpaired) electrons. The number of carbonyl (C=O) groups is 4. The van der Waals surface area contributed by atoms with Crippen LogP contribution in [0.3, 0.4) is 0 Å². The van der Waals surface area contributed by atoms with Gasteiger partial charge in [-0.3, -0.25) is 20.1 Å². The van der Waals surface area contributed by atoms with Crippen LogP contribution in [-0.4, -0.2) is 44.5 Å². The summed E-state index contributed by atoms with van der Waals surface area (Å²) < 4.78 is 0. The molecule has 8 heteroatoms. The Hall–Kier alpha value is -2.74. The third-order valence-corrected chi connectivity index (χ3v) is 3.28. The van der Waals surface area contributed by atoms with Crippen molar-refractivity contribution in [3.05, 3.63) is 35.4 Å². The fourth-order valence-corrected chi connectivity index (χ4v) is 2.16. The number of carboxylic acid groups (broad SMARTS) is 2. The van der Waals surface area contributed by atoms with Crippen LogP contribution in [0.5, 0.6) is 0 Å². The van der Waals surface area contributed by atoms with E-state index in [1.807, 2.05) is 0 Å². The van der Waals surface area contributed by atoms with Crippen molar-refractivity contribution in [2.24, 2.45) is 5.73 Å². The smallest absolute Gasteiger partial charge is 0.345 e. The molecule has 1 aliphatic rings. The number of aliphatic carboxylic acids is 2. The summed E-state index contributed by atoms with van der Waals surface area (Å²) in [5, 5.41) is 17.9. The monoisotopic (exact) mass is 292 g/mol. The number of benzene rings is 1. The first-order valence-electron chi connectivity index (χ1n) is 6.01. The van der Waals surface area contributed by atoms with Crippen molar-refractivity contribution in [1.29, 1.82) is 0 Å². The SMILES string of the molecule is NC(CCC(=O)O)(C(=O)O)N1C(=O)c2ccccc2C1=O. The van der Waals surface area contributed by atoms with E-state index in [0.717, 1.165) is 0 Å². The van der Waals surface area contributed by atoms with Crippen LogP contribution in [-0.2, 0) is 9.59 Å². The van der Waals surface area contributed by atoms with Crippen LogP contribution in [0, 0.1) is 0 Å². The zero-order valence-corrected chi connectivity index (χ0v) is 10.8. The van der Waals surface area contributed by atoms with Crippen molar-refractivity contribution < 1.29 is 29.4 Å². The Kier molecular flexibility index (Phi) is 3.48. The van der Waals surface area contributed by atoms with Crippen LogP contribution in [0.2, 0.25) is 0 Å². The van der Waals surface area contributed by atoms with Crippen LogP contribution < -0.4 is 5.73 Å². The number of amides is 2. The third-order valence-electron chi connectivity index (χ3n) is 3.28. The average molecular weight is 292 g/mol. The van der Waals surface area contributed by atoms with Crippen molar-refractivity contribution >= 4 is 23.8 Å². The van der Waals surface area contributed by atoms with Crippen LogP contribution >= 0.6 is 0 Å². The maximum absolute atomic E-state index is 12.2. The highest BCUT2D eigenvalue weighted by molar-refractivity contribution is 6.23. The quantitative estimate of drug-likeness (QED) is 0.643. The molecule has 2 amide bonds. The Morgan fingerprint density at radius 1 is 1.10 bits per heavy atom. The van der Waals surface area contributed by atoms with Crippen molar-refractivity contribution in [1.82, 2.24) is 4.90 Å². The van der Waals surface area contributed by atoms with E-state index in [4.69, 9.17) is 10.8 Å². The molecule has 1 aliphatic heterocycles. The third kappa shape index (κ3) is 2.25. The fourth-order valence-electron chi connectivity index (χ4n) is 2.16. The molecular weight excluding hydrogens is 280 g/mol. The number of nitrogens with two attached hydrogens (primary N) is 1. The Labute approximate surface area is 118 Å². The number of hydrogen-bond acceptors (Lipinski definition) is 5. The van der Waals surface area contributed by atoms with Gasteiger partial charge in [-0.1, -0.05) is 12.1 Å². The molecular formula is C13H12N2O6. The number of carbonyl (C=O) groups excluding carboxylic acids is 2. The second kappa shape index (κ2) is 4.98. The zero-order chi connectivity index (χ0) is 15.8. The first-order chi connectivity index (χ1) is 9.79. The predicted molar refractivity (Wildman–Crippen MR) is 68.4 cm³/mol. The summed E-state index contributed by atoms with van der Waals surface area (Å²) in [6.07, 6.45) is -1.17. The van der Waals surface area contributed by atoms with Gasteiger partial charge in [-0.15, -0.1) is 0 Å². The number of rotatable bonds is 5. The van der Waals surface area contributed by atoms with Crippen molar-refractivity contribution in [2.45, 2.75) is 18.5 Å². The summed E-state index contributed by atoms with van der Waals surface area (Å²) in [6, 6.07) is 5.83. The van der Waals surface area contributed by atoms with Gasteiger partial charge in [0, 0.05) is 12.8 Å². The topological polar surface area (TPSA) is 138 Å². The van der Waals surface area contributed by atoms with Gasteiger partial charge in [0.1, 0.15) is 0 Å². The fraction of sp³-hybridized carbons (Fsp3) is 0.231. The van der Waals surface area contributed by atoms with E-state index >= 15 is 0 Å². The minimum atomic E-state index is -2.40. The van der Waals surface area contributed by atoms with E-state index in [0.29, 0.717) is 4.90 Å². The maximum atomic E-state index is 12.2. The molecule has 1 unspecified atom stereocenters. The van der Waals surface area contributed by atoms with Gasteiger partial charge in [-0.2, -0.15) is 0 Å². The standard InChI is InChI=1S/C13H12N2O6/c14-13(12(20)21,6-5-9(16)17)15-10(18)7-3-1-2-4-8(7)11(15)19/h1-4H,5-6,14H2,(H,16,17)(H,20,21). The number of imide groups is 1. The summed E-state index contributed by atoms with van der Waals surface area (Å²) in [5.41, 5.74) is 3.38. The molecule has 0 bridgehead atoms. The van der Waals surface area contributed by atoms with Gasteiger partial charge in [0.2, 0.25) is 0 Å². The van der Waals surface area contributed by atoms with Crippen molar-refractivity contribution in [3.63, 3.8) is 0 Å². The van der Waals surface area contributed by atoms with Crippen LogP contribution in [0.15, 0.2) is 24.3 Å². The second-order valence-corrected chi connectivity index (χ2v) is 4.61. The first-order valence-corrected chi connectivity index (χ1v) is 6.01. The van der Waals surface area contributed by atoms with Gasteiger partial charge in [0.15, 0.2) is 5.66 Å². The second-order valence-electron chi connectivity index (χ2n) is 4.61. The predicted octanol–water partition coefficient (Wildman–Crippen LogP) is -0.113. The van der Waals surface area contributed by atoms with Gasteiger partial charge >= 0.3 is 11.9 Å². The molecule has 110 valence electrons. The number of nitrogens with zero attached hydrogens (tertiary/aromatic N) is 1. The molecule has 0 fully saturated rings. The summed E-state index contributed by atoms with van der Waals surface area (Å²) in [7, 11) is 0. The molecule has 0 aromatic heterocycles. The van der Waals surface area contributed by atoms with E-state index < -0.39 is 42.3 Å². The molecule has 2 rings (SSSR count). The minimum Gasteiger partial charge on any atom is -0.481 e. The normalized spacial score (nSPS) is 16.5. The Bertz CT molecular complexity index is 621. The molecule has 21 heavy (non-hydrogen) atoms. The molecule has 0 saturated heterocycles. The van der Waals surface area contributed by atoms with Gasteiger partial charge in [-0.05, 0) is 12.1 Å². The van der Waals surface area contributed by atoms with Crippen LogP contribution in [0.25, 0.3) is 0 Å². The lowest BCUT2D eigenvalue weighted by Gasteiger charge is -2.32. The Morgan fingerprint density at radius 2 is 1.57 bits per heavy atom. The lowest BCUT2D eigenvalue weighted by atomic mass is 10.0. The van der Waals surface area contributed by atoms with E-state index in [1.165, 1.54) is 24.3 Å². The van der Waals surface area contributed by atoms with Gasteiger partial charge in [-0.25, -0.2) is 9.69 Å². The molecule has 0 saturated carbocycles. The van der Waals surface area contributed by atoms with E-state index in [2.05, 4.69) is 0 Å². The molecule has 1 aromatic carbocycles. The van der Waals surface area contributed by atoms with Crippen LogP contribution in [0.4, 0.5) is 0 Å². The highest BCUT2D eigenvalue weighted by Crippen LogP contribution is 2.29. The highest BCUT2D eigenvalue weighted by Gasteiger charge is 2.51. The first kappa shape index (κ1) is 14.7. The molecule has 4 N–H and O–H groups in total. The molecule has 0 aliphatic carbocycles. The molecule has 0 spiro atoms. The summed E-state index contributed by atoms with van der Waals surface area (Å²) in [6.45, 7) is 0. The lowest BCUT2D eigenvalue weighted by Crippen LogP contribution is -2.63.